The molecule has 0 heterocycles. The Morgan fingerprint density at radius 1 is 1.67 bits per heavy atom. The van der Waals surface area contributed by atoms with Crippen LogP contribution in [0.4, 0.5) is 0 Å². The van der Waals surface area contributed by atoms with E-state index in [0.717, 1.165) is 0 Å². The van der Waals surface area contributed by atoms with Gasteiger partial charge in [0, 0.05) is 5.34 Å². The molecule has 0 aromatic heterocycles. The molecule has 0 aliphatic rings. The molecule has 0 aromatic rings. The van der Waals surface area contributed by atoms with Crippen LogP contribution in [0.5, 0.6) is 0 Å². The van der Waals surface area contributed by atoms with Crippen molar-refractivity contribution in [3.63, 3.8) is 0 Å². The second-order valence-corrected chi connectivity index (χ2v) is 0.0833. The summed E-state index contributed by atoms with van der Waals surface area (Å²) in [4.78, 5) is 8.12. The third-order valence-electron chi connectivity index (χ3n) is 0. The average Bonchev–Trinajstić information content (AvgIpc) is 1.46. The van der Waals surface area contributed by atoms with Crippen LogP contribution in [0.15, 0.2) is 0 Å². The van der Waals surface area contributed by atoms with Crippen molar-refractivity contribution < 1.29 is 5.34 Å². The zero-order valence-corrected chi connectivity index (χ0v) is 3.63. The fourth-order valence-electron chi connectivity index (χ4n) is 0. The van der Waals surface area contributed by atoms with E-state index in [4.69, 9.17) is 10.1 Å². The molecule has 1 unspecified atom stereocenters. The van der Waals surface area contributed by atoms with Crippen molar-refractivity contribution in [3.05, 3.63) is 10.1 Å². The van der Waals surface area contributed by atoms with Gasteiger partial charge in [0.15, 0.2) is 0 Å². The molecule has 0 fully saturated rings. The minimum atomic E-state index is 0. The summed E-state index contributed by atoms with van der Waals surface area (Å²) >= 11 is 0. The van der Waals surface area contributed by atoms with Crippen LogP contribution < -0.4 is 10.8 Å². The first-order valence-corrected chi connectivity index (χ1v) is 1.41. The molecule has 0 aliphatic heterocycles. The molecular weight excluding hydrogens is 130 g/mol. The monoisotopic (exact) mass is 136 g/mol. The molecule has 6 heteroatoms. The Kier molecular flexibility index (Phi) is 83.9. The van der Waals surface area contributed by atoms with Crippen LogP contribution in [0.25, 0.3) is 0 Å². The van der Waals surface area contributed by atoms with Crippen LogP contribution in [-0.4, -0.2) is 51.4 Å². The van der Waals surface area contributed by atoms with E-state index in [1.54, 1.807) is 0 Å². The van der Waals surface area contributed by atoms with Crippen molar-refractivity contribution >= 4 is 60.8 Å². The van der Waals surface area contributed by atoms with Gasteiger partial charge in [-0.25, -0.2) is 0 Å². The number of hydrogen-bond acceptors (Lipinski definition) is 3. The van der Waals surface area contributed by atoms with Gasteiger partial charge >= 0.3 is 51.4 Å². The first-order valence-electron chi connectivity index (χ1n) is 0.742. The number of nitrogens with two attached hydrogens (primary N) is 1. The quantitative estimate of drug-likeness (QED) is 0.166. The van der Waals surface area contributed by atoms with E-state index < -0.39 is 0 Å². The Morgan fingerprint density at radius 3 is 1.67 bits per heavy atom. The van der Waals surface area contributed by atoms with E-state index in [-0.39, 0.29) is 56.7 Å². The van der Waals surface area contributed by atoms with Crippen molar-refractivity contribution in [2.45, 2.75) is 0 Å². The van der Waals surface area contributed by atoms with Crippen LogP contribution in [0.1, 0.15) is 0 Å². The second-order valence-electron chi connectivity index (χ2n) is 0.0833. The maximum atomic E-state index is 8.12. The van der Waals surface area contributed by atoms with Crippen molar-refractivity contribution in [1.29, 1.82) is 0 Å². The summed E-state index contributed by atoms with van der Waals surface area (Å²) < 4.78 is 0. The van der Waals surface area contributed by atoms with Crippen molar-refractivity contribution in [3.8, 4) is 0 Å². The van der Waals surface area contributed by atoms with Crippen LogP contribution in [0, 0.1) is 10.1 Å². The first-order chi connectivity index (χ1) is 2.41. The summed E-state index contributed by atoms with van der Waals surface area (Å²) in [6, 6.07) is 0. The summed E-state index contributed by atoms with van der Waals surface area (Å²) in [6.45, 7) is 0. The fourth-order valence-corrected chi connectivity index (χ4v) is 0. The third kappa shape index (κ3) is 52.3. The molecule has 3 N–H and O–H groups in total. The van der Waals surface area contributed by atoms with Crippen LogP contribution in [0.3, 0.4) is 0 Å². The molecule has 0 saturated heterocycles. The maximum absolute atomic E-state index is 8.12. The van der Waals surface area contributed by atoms with Gasteiger partial charge in [-0.15, -0.1) is 0 Å². The van der Waals surface area contributed by atoms with E-state index >= 15 is 0 Å². The summed E-state index contributed by atoms with van der Waals surface area (Å²) in [5, 5.41) is 8.38. The van der Waals surface area contributed by atoms with Gasteiger partial charge in [0.2, 0.25) is 0 Å². The molecule has 0 aliphatic carbocycles. The van der Waals surface area contributed by atoms with Crippen LogP contribution in [0.2, 0.25) is 0 Å². The molecule has 0 bridgehead atoms. The van der Waals surface area contributed by atoms with Gasteiger partial charge in [-0.3, -0.25) is 10.1 Å². The molecular formula is H6KN2O2P. The molecule has 0 rings (SSSR count). The normalized spacial score (nSPS) is 3.00. The van der Waals surface area contributed by atoms with Crippen LogP contribution >= 0.6 is 9.39 Å². The molecule has 34 valence electrons. The third-order valence-corrected chi connectivity index (χ3v) is 0. The number of nitrogens with one attached hydrogen (secondary N) is 1. The van der Waals surface area contributed by atoms with E-state index in [1.165, 1.54) is 0 Å². The predicted octanol–water partition coefficient (Wildman–Crippen LogP) is -2.58. The molecule has 1 atom stereocenters. The van der Waals surface area contributed by atoms with E-state index in [2.05, 4.69) is 5.50 Å². The Labute approximate surface area is 80.5 Å². The van der Waals surface area contributed by atoms with E-state index in [1.807, 2.05) is 9.39 Å². The summed E-state index contributed by atoms with van der Waals surface area (Å²) in [6.07, 6.45) is 0. The first kappa shape index (κ1) is 15.7. The predicted molar refractivity (Wildman–Crippen MR) is 28.7 cm³/mol. The SMILES string of the molecule is NP.O=[NH+][O-].[KH]. The standard InChI is InChI=1S/K.HNO2.H4NP.H/c;2-1-3;1-2;/h;1H;1-2H2;. The molecule has 6 heavy (non-hydrogen) atoms. The van der Waals surface area contributed by atoms with Crippen molar-refractivity contribution in [2.75, 3.05) is 0 Å². The van der Waals surface area contributed by atoms with E-state index in [0.29, 0.717) is 0 Å². The van der Waals surface area contributed by atoms with Gasteiger partial charge in [0.25, 0.3) is 0 Å². The molecule has 0 amide bonds. The molecule has 0 saturated carbocycles. The zero-order valence-electron chi connectivity index (χ0n) is 2.47. The number of hydrogen-bond donors (Lipinski definition) is 2. The Bertz CT molecular complexity index is 19.0. The Hall–Kier alpha value is 1.43. The van der Waals surface area contributed by atoms with Gasteiger partial charge in [0.1, 0.15) is 0 Å². The van der Waals surface area contributed by atoms with Gasteiger partial charge in [-0.1, -0.05) is 9.39 Å². The van der Waals surface area contributed by atoms with Crippen LogP contribution in [-0.2, 0) is 0 Å². The average molecular weight is 136 g/mol. The molecule has 0 spiro atoms. The Balaban J connectivity index is -0.0000000275. The van der Waals surface area contributed by atoms with Gasteiger partial charge < -0.3 is 5.50 Å². The molecule has 0 aromatic carbocycles. The fraction of sp³-hybridized carbons (Fsp3) is 0. The number of rotatable bonds is 0. The van der Waals surface area contributed by atoms with Crippen molar-refractivity contribution in [2.24, 2.45) is 5.50 Å². The second kappa shape index (κ2) is 32.1. The van der Waals surface area contributed by atoms with Gasteiger partial charge in [-0.05, 0) is 0 Å². The summed E-state index contributed by atoms with van der Waals surface area (Å²) in [5.41, 5.74) is 4.42. The Morgan fingerprint density at radius 2 is 1.67 bits per heavy atom. The molecule has 4 nitrogen and oxygen atoms in total. The van der Waals surface area contributed by atoms with E-state index in [9.17, 15) is 0 Å². The topological polar surface area (TPSA) is 80.1 Å². The minimum absolute atomic E-state index is 0. The van der Waals surface area contributed by atoms with Gasteiger partial charge in [0.05, 0.1) is 0 Å². The summed E-state index contributed by atoms with van der Waals surface area (Å²) in [7, 11) is 1.92. The van der Waals surface area contributed by atoms with Gasteiger partial charge in [-0.2, -0.15) is 0 Å². The molecule has 0 radical (unpaired) electrons. The zero-order chi connectivity index (χ0) is 4.71. The van der Waals surface area contributed by atoms with Crippen molar-refractivity contribution in [1.82, 2.24) is 0 Å². The summed E-state index contributed by atoms with van der Waals surface area (Å²) in [5.74, 6) is 0.